The summed E-state index contributed by atoms with van der Waals surface area (Å²) in [6, 6.07) is -14.1. The molecule has 0 aliphatic rings. The van der Waals surface area contributed by atoms with E-state index in [0.29, 0.717) is 12.8 Å². The minimum Gasteiger partial charge on any atom is -0.481 e. The van der Waals surface area contributed by atoms with Gasteiger partial charge in [-0.1, -0.05) is 34.1 Å². The SMILES string of the molecule is CC[C@H](C)[C@H](NC(=O)[C@H](CCCCN)NC(=O)[C@H](CCC(=O)O)NC(=O)[C@H](CC(C)C)NC(=O)[C@@H](NC(=O)[C@@H](N)CO)[C@@H](C)O)C(=O)N[C@@H](CC(N)=O)C(=O)N[C@@H](CCCCN)C(=O)N[C@H](C(=O)O)[C@@H](C)O. The normalized spacial score (nSPS) is 16.2. The van der Waals surface area contributed by atoms with Crippen LogP contribution in [0.2, 0.25) is 0 Å². The second-order valence-electron chi connectivity index (χ2n) is 18.1. The van der Waals surface area contributed by atoms with Gasteiger partial charge in [0.2, 0.25) is 53.2 Å². The Morgan fingerprint density at radius 1 is 0.500 bits per heavy atom. The fourth-order valence-corrected chi connectivity index (χ4v) is 6.86. The molecule has 28 nitrogen and oxygen atoms in total. The number of nitrogens with one attached hydrogen (secondary N) is 8. The monoisotopic (exact) mass is 1030 g/mol. The lowest BCUT2D eigenvalue weighted by Crippen LogP contribution is -2.62. The molecule has 0 saturated carbocycles. The molecule has 28 heteroatoms. The van der Waals surface area contributed by atoms with Crippen molar-refractivity contribution in [1.29, 1.82) is 0 Å². The van der Waals surface area contributed by atoms with E-state index in [-0.39, 0.29) is 57.5 Å². The largest absolute Gasteiger partial charge is 0.481 e. The molecule has 0 heterocycles. The maximum absolute atomic E-state index is 14.1. The zero-order valence-corrected chi connectivity index (χ0v) is 41.9. The van der Waals surface area contributed by atoms with E-state index in [4.69, 9.17) is 22.9 Å². The molecule has 0 fully saturated rings. The summed E-state index contributed by atoms with van der Waals surface area (Å²) in [6.07, 6.45) is -3.80. The summed E-state index contributed by atoms with van der Waals surface area (Å²) in [4.78, 5) is 144. The first-order chi connectivity index (χ1) is 33.6. The average molecular weight is 1030 g/mol. The van der Waals surface area contributed by atoms with Gasteiger partial charge >= 0.3 is 11.9 Å². The molecular weight excluding hydrogens is 953 g/mol. The summed E-state index contributed by atoms with van der Waals surface area (Å²) in [6.45, 7) is 8.53. The molecular formula is C44H80N12O16. The Hall–Kier alpha value is -6.07. The van der Waals surface area contributed by atoms with E-state index in [0.717, 1.165) is 6.92 Å². The fraction of sp³-hybridized carbons (Fsp3) is 0.750. The molecule has 21 N–H and O–H groups in total. The van der Waals surface area contributed by atoms with Gasteiger partial charge in [-0.05, 0) is 90.1 Å². The molecule has 412 valence electrons. The zero-order valence-electron chi connectivity index (χ0n) is 41.9. The predicted octanol–water partition coefficient (Wildman–Crippen LogP) is -5.88. The van der Waals surface area contributed by atoms with Crippen LogP contribution in [0.15, 0.2) is 0 Å². The number of hydrogen-bond donors (Lipinski definition) is 17. The van der Waals surface area contributed by atoms with Crippen LogP contribution in [0.1, 0.15) is 112 Å². The van der Waals surface area contributed by atoms with Gasteiger partial charge in [0, 0.05) is 6.42 Å². The number of amides is 9. The Bertz CT molecular complexity index is 1820. The van der Waals surface area contributed by atoms with Crippen molar-refractivity contribution in [2.75, 3.05) is 19.7 Å². The Morgan fingerprint density at radius 3 is 1.29 bits per heavy atom. The van der Waals surface area contributed by atoms with Gasteiger partial charge in [-0.2, -0.15) is 0 Å². The minimum absolute atomic E-state index is 0.0610. The molecule has 72 heavy (non-hydrogen) atoms. The van der Waals surface area contributed by atoms with Crippen LogP contribution in [0.25, 0.3) is 0 Å². The summed E-state index contributed by atoms with van der Waals surface area (Å²) in [7, 11) is 0. The molecule has 0 radical (unpaired) electrons. The van der Waals surface area contributed by atoms with Crippen LogP contribution in [0.5, 0.6) is 0 Å². The van der Waals surface area contributed by atoms with Crippen molar-refractivity contribution in [2.45, 2.75) is 179 Å². The molecule has 0 aromatic heterocycles. The summed E-state index contributed by atoms with van der Waals surface area (Å²) in [5.41, 5.74) is 22.2. The number of nitrogens with two attached hydrogens (primary N) is 4. The first-order valence-corrected chi connectivity index (χ1v) is 23.9. The lowest BCUT2D eigenvalue weighted by Gasteiger charge is -2.30. The second kappa shape index (κ2) is 34.3. The van der Waals surface area contributed by atoms with Gasteiger partial charge in [-0.25, -0.2) is 4.79 Å². The van der Waals surface area contributed by atoms with Crippen molar-refractivity contribution < 1.29 is 78.3 Å². The summed E-state index contributed by atoms with van der Waals surface area (Å²) in [5, 5.41) is 67.5. The van der Waals surface area contributed by atoms with Gasteiger partial charge < -0.3 is 91.0 Å². The Morgan fingerprint density at radius 2 is 0.889 bits per heavy atom. The van der Waals surface area contributed by atoms with Crippen LogP contribution >= 0.6 is 0 Å². The van der Waals surface area contributed by atoms with Crippen LogP contribution in [-0.2, 0) is 52.7 Å². The van der Waals surface area contributed by atoms with E-state index >= 15 is 0 Å². The van der Waals surface area contributed by atoms with Gasteiger partial charge in [0.1, 0.15) is 48.3 Å². The minimum atomic E-state index is -1.76. The smallest absolute Gasteiger partial charge is 0.328 e. The van der Waals surface area contributed by atoms with E-state index in [9.17, 15) is 78.3 Å². The van der Waals surface area contributed by atoms with Crippen LogP contribution in [0.3, 0.4) is 0 Å². The molecule has 0 unspecified atom stereocenters. The first-order valence-electron chi connectivity index (χ1n) is 23.9. The number of carboxylic acids is 2. The molecule has 9 amide bonds. The number of carboxylic acid groups (broad SMARTS) is 2. The zero-order chi connectivity index (χ0) is 55.4. The molecule has 0 saturated heterocycles. The van der Waals surface area contributed by atoms with E-state index in [1.165, 1.54) is 6.92 Å². The van der Waals surface area contributed by atoms with Crippen molar-refractivity contribution in [1.82, 2.24) is 42.5 Å². The molecule has 12 atom stereocenters. The lowest BCUT2D eigenvalue weighted by atomic mass is 9.96. The van der Waals surface area contributed by atoms with Gasteiger partial charge in [0.05, 0.1) is 25.2 Å². The maximum Gasteiger partial charge on any atom is 0.328 e. The van der Waals surface area contributed by atoms with Crippen LogP contribution in [0.4, 0.5) is 0 Å². The van der Waals surface area contributed by atoms with Crippen LogP contribution < -0.4 is 65.5 Å². The van der Waals surface area contributed by atoms with Crippen molar-refractivity contribution in [3.05, 3.63) is 0 Å². The Balaban J connectivity index is 6.81. The Kier molecular flexibility index (Phi) is 31.4. The molecule has 0 aromatic carbocycles. The molecule has 0 rings (SSSR count). The van der Waals surface area contributed by atoms with Crippen molar-refractivity contribution >= 4 is 65.1 Å². The van der Waals surface area contributed by atoms with Gasteiger partial charge in [-0.15, -0.1) is 0 Å². The topological polar surface area (TPSA) is 489 Å². The van der Waals surface area contributed by atoms with Crippen molar-refractivity contribution in [2.24, 2.45) is 34.8 Å². The Labute approximate surface area is 418 Å². The van der Waals surface area contributed by atoms with E-state index in [2.05, 4.69) is 42.5 Å². The van der Waals surface area contributed by atoms with E-state index in [1.54, 1.807) is 27.7 Å². The number of aliphatic hydroxyl groups is 3. The fourth-order valence-electron chi connectivity index (χ4n) is 6.86. The predicted molar refractivity (Wildman–Crippen MR) is 257 cm³/mol. The quantitative estimate of drug-likeness (QED) is 0.0258. The van der Waals surface area contributed by atoms with Crippen LogP contribution in [0, 0.1) is 11.8 Å². The third-order valence-electron chi connectivity index (χ3n) is 11.3. The molecule has 0 bridgehead atoms. The maximum atomic E-state index is 14.1. The van der Waals surface area contributed by atoms with Gasteiger partial charge in [0.15, 0.2) is 6.04 Å². The number of carbonyl (C=O) groups excluding carboxylic acids is 9. The number of primary amides is 1. The average Bonchev–Trinajstić information content (AvgIpc) is 3.29. The van der Waals surface area contributed by atoms with E-state index in [1.807, 2.05) is 0 Å². The first kappa shape index (κ1) is 65.9. The molecule has 0 aliphatic carbocycles. The van der Waals surface area contributed by atoms with Gasteiger partial charge in [-0.3, -0.25) is 47.9 Å². The summed E-state index contributed by atoms with van der Waals surface area (Å²) >= 11 is 0. The lowest BCUT2D eigenvalue weighted by molar-refractivity contribution is -0.145. The summed E-state index contributed by atoms with van der Waals surface area (Å²) < 4.78 is 0. The highest BCUT2D eigenvalue weighted by Gasteiger charge is 2.37. The molecule has 0 spiro atoms. The van der Waals surface area contributed by atoms with Crippen molar-refractivity contribution in [3.63, 3.8) is 0 Å². The van der Waals surface area contributed by atoms with E-state index < -0.39 is 163 Å². The standard InChI is InChI=1S/C44H80N12O16/c1-7-22(4)33(42(69)53-30(19-31(48)60)41(68)50-27(13-9-11-17-46)39(66)56-35(24(6)59)44(71)72)54-38(65)26(12-8-10-16-45)49-37(64)28(14-15-32(61)62)51-40(67)29(18-21(2)3)52-43(70)34(23(5)58)55-36(63)25(47)20-57/h21-30,33-35,57-59H,7-20,45-47H2,1-6H3,(H2,48,60)(H,49,64)(H,50,68)(H,51,67)(H,52,70)(H,53,69)(H,54,65)(H,55,63)(H,56,66)(H,61,62)(H,71,72)/t22-,23+,24+,25-,26-,27-,28-,29-,30-,33-,34-,35-/m0/s1. The number of unbranched alkanes of at least 4 members (excludes halogenated alkanes) is 2. The molecule has 0 aliphatic heterocycles. The third kappa shape index (κ3) is 24.9. The highest BCUT2D eigenvalue weighted by atomic mass is 16.4. The number of rotatable bonds is 37. The van der Waals surface area contributed by atoms with Crippen LogP contribution in [-0.4, -0.2) is 177 Å². The molecule has 0 aromatic rings. The number of aliphatic hydroxyl groups excluding tert-OH is 3. The number of aliphatic carboxylic acids is 2. The number of carbonyl (C=O) groups is 11. The second-order valence-corrected chi connectivity index (χ2v) is 18.1. The summed E-state index contributed by atoms with van der Waals surface area (Å²) in [5.74, 6) is -13.1. The number of hydrogen-bond acceptors (Lipinski definition) is 17. The highest BCUT2D eigenvalue weighted by Crippen LogP contribution is 2.13. The van der Waals surface area contributed by atoms with Gasteiger partial charge in [0.25, 0.3) is 0 Å². The third-order valence-corrected chi connectivity index (χ3v) is 11.3. The van der Waals surface area contributed by atoms with Crippen molar-refractivity contribution in [3.8, 4) is 0 Å². The highest BCUT2D eigenvalue weighted by molar-refractivity contribution is 5.99.